The first-order valence-electron chi connectivity index (χ1n) is 12.2. The molecule has 1 aromatic carbocycles. The van der Waals surface area contributed by atoms with Gasteiger partial charge in [0.1, 0.15) is 17.8 Å². The predicted molar refractivity (Wildman–Crippen MR) is 131 cm³/mol. The number of aromatic nitrogens is 3. The normalized spacial score (nSPS) is 21.5. The molecule has 2 saturated heterocycles. The molecule has 2 unspecified atom stereocenters. The molecule has 2 aromatic heterocycles. The molecule has 2 fully saturated rings. The Bertz CT molecular complexity index is 929. The van der Waals surface area contributed by atoms with E-state index in [-0.39, 0.29) is 0 Å². The fraction of sp³-hybridized carbons (Fsp3) is 0.538. The Morgan fingerprint density at radius 2 is 1.81 bits per heavy atom. The monoisotopic (exact) mass is 419 g/mol. The highest BCUT2D eigenvalue weighted by Gasteiger charge is 2.24. The lowest BCUT2D eigenvalue weighted by atomic mass is 10.00. The Labute approximate surface area is 186 Å². The van der Waals surface area contributed by atoms with Gasteiger partial charge in [-0.2, -0.15) is 0 Å². The smallest absolute Gasteiger partial charge is 0.143 e. The molecule has 3 aromatic rings. The third-order valence-electron chi connectivity index (χ3n) is 6.77. The second-order valence-electron chi connectivity index (χ2n) is 8.81. The summed E-state index contributed by atoms with van der Waals surface area (Å²) in [7, 11) is 0. The van der Waals surface area contributed by atoms with E-state index >= 15 is 0 Å². The summed E-state index contributed by atoms with van der Waals surface area (Å²) in [4.78, 5) is 15.0. The standard InChI is InChI=1S/C19H22N4.C7H15N/c1-2-15-10-6-7-11-23(15)19-16-12-17(14-8-4-3-5-9-14)22-18(16)20-13-21-19;1-2-7-5-3-4-6-8-7/h3-5,8-9,12-13,15H,2,6-7,10-11H2,1H3,(H,20,21,22);7-8H,2-6H2,1H3. The van der Waals surface area contributed by atoms with Gasteiger partial charge < -0.3 is 15.2 Å². The second kappa shape index (κ2) is 10.8. The first kappa shape index (κ1) is 21.8. The van der Waals surface area contributed by atoms with Crippen LogP contribution >= 0.6 is 0 Å². The molecule has 2 N–H and O–H groups in total. The number of hydrogen-bond acceptors (Lipinski definition) is 4. The van der Waals surface area contributed by atoms with E-state index in [0.717, 1.165) is 35.1 Å². The quantitative estimate of drug-likeness (QED) is 0.550. The van der Waals surface area contributed by atoms with Crippen molar-refractivity contribution in [3.63, 3.8) is 0 Å². The van der Waals surface area contributed by atoms with Gasteiger partial charge in [-0.25, -0.2) is 9.97 Å². The molecular weight excluding hydrogens is 382 g/mol. The van der Waals surface area contributed by atoms with Crippen molar-refractivity contribution < 1.29 is 0 Å². The zero-order valence-corrected chi connectivity index (χ0v) is 19.1. The molecule has 0 amide bonds. The summed E-state index contributed by atoms with van der Waals surface area (Å²) < 4.78 is 0. The molecule has 5 rings (SSSR count). The number of benzene rings is 1. The van der Waals surface area contributed by atoms with Crippen molar-refractivity contribution in [1.82, 2.24) is 20.3 Å². The molecule has 4 heterocycles. The lowest BCUT2D eigenvalue weighted by molar-refractivity contribution is 0.393. The minimum atomic E-state index is 0.594. The Kier molecular flexibility index (Phi) is 7.57. The molecule has 2 aliphatic heterocycles. The van der Waals surface area contributed by atoms with Crippen LogP contribution in [0.4, 0.5) is 5.82 Å². The van der Waals surface area contributed by atoms with Crippen molar-refractivity contribution in [3.05, 3.63) is 42.7 Å². The average molecular weight is 420 g/mol. The SMILES string of the molecule is CCC1CCCCN1.CCC1CCCCN1c1ncnc2[nH]c(-c3ccccc3)cc12. The highest BCUT2D eigenvalue weighted by Crippen LogP contribution is 2.32. The van der Waals surface area contributed by atoms with E-state index in [1.807, 2.05) is 6.07 Å². The summed E-state index contributed by atoms with van der Waals surface area (Å²) in [5, 5.41) is 4.60. The average Bonchev–Trinajstić information content (AvgIpc) is 3.30. The Hall–Kier alpha value is -2.40. The number of piperidine rings is 2. The molecule has 31 heavy (non-hydrogen) atoms. The van der Waals surface area contributed by atoms with Gasteiger partial charge in [0.15, 0.2) is 0 Å². The van der Waals surface area contributed by atoms with Crippen molar-refractivity contribution >= 4 is 16.9 Å². The van der Waals surface area contributed by atoms with E-state index < -0.39 is 0 Å². The van der Waals surface area contributed by atoms with Crippen LogP contribution in [0.25, 0.3) is 22.3 Å². The van der Waals surface area contributed by atoms with Gasteiger partial charge in [-0.15, -0.1) is 0 Å². The van der Waals surface area contributed by atoms with Gasteiger partial charge in [-0.1, -0.05) is 50.6 Å². The molecule has 5 heteroatoms. The van der Waals surface area contributed by atoms with Crippen molar-refractivity contribution in [2.75, 3.05) is 18.0 Å². The number of nitrogens with one attached hydrogen (secondary N) is 2. The molecule has 2 aliphatic rings. The summed E-state index contributed by atoms with van der Waals surface area (Å²) >= 11 is 0. The molecule has 0 bridgehead atoms. The lowest BCUT2D eigenvalue weighted by Crippen LogP contribution is -2.39. The Morgan fingerprint density at radius 3 is 2.52 bits per heavy atom. The number of H-pyrrole nitrogens is 1. The third-order valence-corrected chi connectivity index (χ3v) is 6.77. The topological polar surface area (TPSA) is 56.8 Å². The van der Waals surface area contributed by atoms with Crippen LogP contribution in [-0.2, 0) is 0 Å². The molecule has 2 atom stereocenters. The van der Waals surface area contributed by atoms with Crippen molar-refractivity contribution in [2.45, 2.75) is 77.3 Å². The zero-order valence-electron chi connectivity index (χ0n) is 19.1. The van der Waals surface area contributed by atoms with Crippen LogP contribution in [0.5, 0.6) is 0 Å². The van der Waals surface area contributed by atoms with Gasteiger partial charge in [0.05, 0.1) is 5.39 Å². The number of nitrogens with zero attached hydrogens (tertiary/aromatic N) is 3. The third kappa shape index (κ3) is 5.27. The van der Waals surface area contributed by atoms with Gasteiger partial charge >= 0.3 is 0 Å². The van der Waals surface area contributed by atoms with Gasteiger partial charge in [0, 0.05) is 24.3 Å². The molecule has 0 aliphatic carbocycles. The summed E-state index contributed by atoms with van der Waals surface area (Å²) in [6.07, 6.45) is 12.2. The van der Waals surface area contributed by atoms with E-state index in [1.54, 1.807) is 6.33 Å². The van der Waals surface area contributed by atoms with Crippen molar-refractivity contribution in [3.8, 4) is 11.3 Å². The highest BCUT2D eigenvalue weighted by molar-refractivity contribution is 5.92. The van der Waals surface area contributed by atoms with Gasteiger partial charge in [0.2, 0.25) is 0 Å². The summed E-state index contributed by atoms with van der Waals surface area (Å²) in [6.45, 7) is 6.87. The van der Waals surface area contributed by atoms with E-state index in [2.05, 4.69) is 69.3 Å². The van der Waals surface area contributed by atoms with Crippen molar-refractivity contribution in [2.24, 2.45) is 0 Å². The van der Waals surface area contributed by atoms with E-state index in [1.165, 1.54) is 63.5 Å². The van der Waals surface area contributed by atoms with E-state index in [0.29, 0.717) is 6.04 Å². The second-order valence-corrected chi connectivity index (χ2v) is 8.81. The Balaban J connectivity index is 0.000000245. The summed E-state index contributed by atoms with van der Waals surface area (Å²) in [5.74, 6) is 1.08. The van der Waals surface area contributed by atoms with Crippen molar-refractivity contribution in [1.29, 1.82) is 0 Å². The summed E-state index contributed by atoms with van der Waals surface area (Å²) in [5.41, 5.74) is 3.21. The minimum absolute atomic E-state index is 0.594. The number of anilines is 1. The number of aromatic amines is 1. The van der Waals surface area contributed by atoms with Crippen LogP contribution in [0, 0.1) is 0 Å². The van der Waals surface area contributed by atoms with Gasteiger partial charge in [0.25, 0.3) is 0 Å². The predicted octanol–water partition coefficient (Wildman–Crippen LogP) is 5.93. The van der Waals surface area contributed by atoms with Crippen LogP contribution in [0.1, 0.15) is 65.2 Å². The van der Waals surface area contributed by atoms with Gasteiger partial charge in [-0.3, -0.25) is 0 Å². The molecule has 166 valence electrons. The largest absolute Gasteiger partial charge is 0.353 e. The Morgan fingerprint density at radius 1 is 0.968 bits per heavy atom. The highest BCUT2D eigenvalue weighted by atomic mass is 15.2. The minimum Gasteiger partial charge on any atom is -0.353 e. The first-order valence-corrected chi connectivity index (χ1v) is 12.2. The molecule has 0 spiro atoms. The molecule has 0 saturated carbocycles. The fourth-order valence-electron chi connectivity index (χ4n) is 4.91. The zero-order chi connectivity index (χ0) is 21.5. The van der Waals surface area contributed by atoms with Crippen LogP contribution in [0.3, 0.4) is 0 Å². The fourth-order valence-corrected chi connectivity index (χ4v) is 4.91. The molecular formula is C26H37N5. The maximum Gasteiger partial charge on any atom is 0.143 e. The maximum atomic E-state index is 4.63. The van der Waals surface area contributed by atoms with Crippen LogP contribution in [0.2, 0.25) is 0 Å². The lowest BCUT2D eigenvalue weighted by Gasteiger charge is -2.36. The van der Waals surface area contributed by atoms with Crippen LogP contribution in [0.15, 0.2) is 42.7 Å². The number of rotatable bonds is 4. The van der Waals surface area contributed by atoms with Gasteiger partial charge in [-0.05, 0) is 63.1 Å². The van der Waals surface area contributed by atoms with E-state index in [4.69, 9.17) is 0 Å². The van der Waals surface area contributed by atoms with Crippen LogP contribution < -0.4 is 10.2 Å². The van der Waals surface area contributed by atoms with E-state index in [9.17, 15) is 0 Å². The van der Waals surface area contributed by atoms with Crippen LogP contribution in [-0.4, -0.2) is 40.1 Å². The number of fused-ring (bicyclic) bond motifs is 1. The summed E-state index contributed by atoms with van der Waals surface area (Å²) in [6, 6.07) is 14.0. The molecule has 0 radical (unpaired) electrons. The number of hydrogen-bond donors (Lipinski definition) is 2. The molecule has 5 nitrogen and oxygen atoms in total. The maximum absolute atomic E-state index is 4.63. The first-order chi connectivity index (χ1) is 15.3.